The number of fused-ring (bicyclic) bond motifs is 1. The van der Waals surface area contributed by atoms with E-state index in [1.54, 1.807) is 7.11 Å². The van der Waals surface area contributed by atoms with Crippen LogP contribution in [-0.4, -0.2) is 76.8 Å². The lowest BCUT2D eigenvalue weighted by Crippen LogP contribution is -2.53. The highest BCUT2D eigenvalue weighted by molar-refractivity contribution is 6.30. The maximum Gasteiger partial charge on any atom is 0.320 e. The van der Waals surface area contributed by atoms with Crippen LogP contribution in [0.2, 0.25) is 5.02 Å². The summed E-state index contributed by atoms with van der Waals surface area (Å²) < 4.78 is 2.20. The molecule has 0 bridgehead atoms. The zero-order valence-electron chi connectivity index (χ0n) is 18.3. The maximum atomic E-state index is 13.0. The van der Waals surface area contributed by atoms with Gasteiger partial charge in [-0.2, -0.15) is 5.06 Å². The van der Waals surface area contributed by atoms with E-state index in [1.165, 1.54) is 10.9 Å². The molecule has 5 rings (SSSR count). The average molecular weight is 454 g/mol. The molecule has 2 amide bonds. The minimum Gasteiger partial charge on any atom is -0.325 e. The lowest BCUT2D eigenvalue weighted by molar-refractivity contribution is -0.148. The number of amides is 2. The highest BCUT2D eigenvalue weighted by Gasteiger charge is 2.30. The summed E-state index contributed by atoms with van der Waals surface area (Å²) in [5, 5.41) is 3.86. The van der Waals surface area contributed by atoms with E-state index < -0.39 is 0 Å². The van der Waals surface area contributed by atoms with Gasteiger partial charge in [-0.25, -0.2) is 4.79 Å². The highest BCUT2D eigenvalue weighted by Crippen LogP contribution is 2.35. The Bertz CT molecular complexity index is 1080. The van der Waals surface area contributed by atoms with Crippen molar-refractivity contribution in [1.82, 2.24) is 24.4 Å². The summed E-state index contributed by atoms with van der Waals surface area (Å²) in [6.07, 6.45) is 7.95. The molecule has 2 fully saturated rings. The molecule has 8 heteroatoms. The fraction of sp³-hybridized carbons (Fsp3) is 0.417. The van der Waals surface area contributed by atoms with Crippen LogP contribution in [0, 0.1) is 0 Å². The molecule has 0 N–H and O–H groups in total. The molecule has 0 aliphatic carbocycles. The third kappa shape index (κ3) is 4.08. The van der Waals surface area contributed by atoms with Gasteiger partial charge in [-0.1, -0.05) is 11.6 Å². The predicted octanol–water partition coefficient (Wildman–Crippen LogP) is 4.16. The minimum absolute atomic E-state index is 0.159. The van der Waals surface area contributed by atoms with Gasteiger partial charge in [0.15, 0.2) is 0 Å². The summed E-state index contributed by atoms with van der Waals surface area (Å²) in [4.78, 5) is 26.6. The third-order valence-corrected chi connectivity index (χ3v) is 6.97. The summed E-state index contributed by atoms with van der Waals surface area (Å²) in [7, 11) is 1.68. The molecule has 0 radical (unpaired) electrons. The molecule has 1 aromatic carbocycles. The molecule has 2 aliphatic heterocycles. The van der Waals surface area contributed by atoms with Gasteiger partial charge >= 0.3 is 6.03 Å². The van der Waals surface area contributed by atoms with Crippen molar-refractivity contribution >= 4 is 28.5 Å². The SMILES string of the molecule is CON1CCN(C(=O)N2CCC(c3cn(-c4ccc(Cl)cc4)c4cnccc34)CC2)CC1. The topological polar surface area (TPSA) is 53.8 Å². The van der Waals surface area contributed by atoms with Gasteiger partial charge in [0, 0.05) is 67.8 Å². The van der Waals surface area contributed by atoms with Crippen molar-refractivity contribution in [3.63, 3.8) is 0 Å². The smallest absolute Gasteiger partial charge is 0.320 e. The molecule has 168 valence electrons. The maximum absolute atomic E-state index is 13.0. The van der Waals surface area contributed by atoms with Crippen LogP contribution in [-0.2, 0) is 4.84 Å². The monoisotopic (exact) mass is 453 g/mol. The number of nitrogens with zero attached hydrogens (tertiary/aromatic N) is 5. The van der Waals surface area contributed by atoms with Crippen LogP contribution in [0.25, 0.3) is 16.6 Å². The largest absolute Gasteiger partial charge is 0.325 e. The molecule has 4 heterocycles. The van der Waals surface area contributed by atoms with Crippen LogP contribution in [0.5, 0.6) is 0 Å². The fourth-order valence-electron chi connectivity index (χ4n) is 4.88. The molecule has 2 saturated heterocycles. The minimum atomic E-state index is 0.159. The first-order valence-corrected chi connectivity index (χ1v) is 11.6. The lowest BCUT2D eigenvalue weighted by Gasteiger charge is -2.39. The number of hydrogen-bond acceptors (Lipinski definition) is 4. The van der Waals surface area contributed by atoms with E-state index in [2.05, 4.69) is 21.8 Å². The summed E-state index contributed by atoms with van der Waals surface area (Å²) >= 11 is 6.09. The van der Waals surface area contributed by atoms with Crippen molar-refractivity contribution in [3.8, 4) is 5.69 Å². The standard InChI is InChI=1S/C24H28ClN5O2/c1-32-29-14-12-28(13-15-29)24(31)27-10-7-18(8-11-27)22-17-30(20-4-2-19(25)3-5-20)23-16-26-9-6-21(22)23/h2-6,9,16-18H,7-8,10-15H2,1H3. The molecular formula is C24H28ClN5O2. The first kappa shape index (κ1) is 21.2. The number of piperidine rings is 1. The van der Waals surface area contributed by atoms with Crippen LogP contribution in [0.3, 0.4) is 0 Å². The van der Waals surface area contributed by atoms with Crippen LogP contribution in [0.4, 0.5) is 4.79 Å². The number of pyridine rings is 1. The lowest BCUT2D eigenvalue weighted by atomic mass is 9.89. The second kappa shape index (κ2) is 9.10. The number of hydroxylamine groups is 2. The second-order valence-electron chi connectivity index (χ2n) is 8.47. The molecular weight excluding hydrogens is 426 g/mol. The van der Waals surface area contributed by atoms with Gasteiger partial charge in [-0.15, -0.1) is 0 Å². The van der Waals surface area contributed by atoms with E-state index in [0.29, 0.717) is 19.0 Å². The van der Waals surface area contributed by atoms with Gasteiger partial charge in [0.25, 0.3) is 0 Å². The second-order valence-corrected chi connectivity index (χ2v) is 8.90. The van der Waals surface area contributed by atoms with E-state index in [4.69, 9.17) is 16.4 Å². The number of benzene rings is 1. The van der Waals surface area contributed by atoms with Gasteiger partial charge in [0.2, 0.25) is 0 Å². The predicted molar refractivity (Wildman–Crippen MR) is 125 cm³/mol. The Morgan fingerprint density at radius 2 is 1.69 bits per heavy atom. The van der Waals surface area contributed by atoms with Crippen molar-refractivity contribution in [1.29, 1.82) is 0 Å². The van der Waals surface area contributed by atoms with Gasteiger partial charge in [0.1, 0.15) is 0 Å². The van der Waals surface area contributed by atoms with Gasteiger partial charge in [0.05, 0.1) is 18.8 Å². The summed E-state index contributed by atoms with van der Waals surface area (Å²) in [6, 6.07) is 10.1. The summed E-state index contributed by atoms with van der Waals surface area (Å²) in [5.74, 6) is 0.419. The Hall–Kier alpha value is -2.61. The number of rotatable bonds is 3. The van der Waals surface area contributed by atoms with E-state index >= 15 is 0 Å². The molecule has 7 nitrogen and oxygen atoms in total. The number of hydrogen-bond donors (Lipinski definition) is 0. The average Bonchev–Trinajstić information content (AvgIpc) is 3.24. The molecule has 0 atom stereocenters. The van der Waals surface area contributed by atoms with Crippen molar-refractivity contribution in [3.05, 3.63) is 59.5 Å². The van der Waals surface area contributed by atoms with Crippen LogP contribution in [0.1, 0.15) is 24.3 Å². The number of piperazine rings is 1. The number of carbonyl (C=O) groups is 1. The van der Waals surface area contributed by atoms with E-state index in [-0.39, 0.29) is 6.03 Å². The van der Waals surface area contributed by atoms with Crippen LogP contribution < -0.4 is 0 Å². The summed E-state index contributed by atoms with van der Waals surface area (Å²) in [5.41, 5.74) is 3.50. The first-order valence-electron chi connectivity index (χ1n) is 11.2. The summed E-state index contributed by atoms with van der Waals surface area (Å²) in [6.45, 7) is 4.52. The van der Waals surface area contributed by atoms with Crippen molar-refractivity contribution in [2.75, 3.05) is 46.4 Å². The van der Waals surface area contributed by atoms with E-state index in [0.717, 1.165) is 55.2 Å². The Balaban J connectivity index is 1.31. The van der Waals surface area contributed by atoms with E-state index in [9.17, 15) is 4.79 Å². The molecule has 0 spiro atoms. The number of likely N-dealkylation sites (tertiary alicyclic amines) is 1. The first-order chi connectivity index (χ1) is 15.6. The third-order valence-electron chi connectivity index (χ3n) is 6.72. The zero-order chi connectivity index (χ0) is 22.1. The van der Waals surface area contributed by atoms with Crippen molar-refractivity contribution < 1.29 is 9.63 Å². The molecule has 2 aromatic heterocycles. The Labute approximate surface area is 193 Å². The van der Waals surface area contributed by atoms with Gasteiger partial charge in [-0.3, -0.25) is 4.98 Å². The molecule has 0 saturated carbocycles. The molecule has 3 aromatic rings. The molecule has 0 unspecified atom stereocenters. The number of carbonyl (C=O) groups excluding carboxylic acids is 1. The van der Waals surface area contributed by atoms with Crippen LogP contribution in [0.15, 0.2) is 48.9 Å². The Kier molecular flexibility index (Phi) is 6.04. The van der Waals surface area contributed by atoms with Gasteiger partial charge in [-0.05, 0) is 54.7 Å². The van der Waals surface area contributed by atoms with Crippen molar-refractivity contribution in [2.45, 2.75) is 18.8 Å². The van der Waals surface area contributed by atoms with Crippen LogP contribution >= 0.6 is 11.6 Å². The van der Waals surface area contributed by atoms with Gasteiger partial charge < -0.3 is 19.2 Å². The van der Waals surface area contributed by atoms with Crippen molar-refractivity contribution in [2.24, 2.45) is 0 Å². The Morgan fingerprint density at radius 1 is 1.00 bits per heavy atom. The van der Waals surface area contributed by atoms with E-state index in [1.807, 2.05) is 51.5 Å². The molecule has 2 aliphatic rings. The molecule has 32 heavy (non-hydrogen) atoms. The Morgan fingerprint density at radius 3 is 2.38 bits per heavy atom. The number of urea groups is 1. The number of aromatic nitrogens is 2. The highest BCUT2D eigenvalue weighted by atomic mass is 35.5. The quantitative estimate of drug-likeness (QED) is 0.597. The number of halogens is 1. The normalized spacial score (nSPS) is 18.4. The fourth-order valence-corrected chi connectivity index (χ4v) is 5.01. The zero-order valence-corrected chi connectivity index (χ0v) is 19.0.